The van der Waals surface area contributed by atoms with Crippen LogP contribution in [0.1, 0.15) is 99.9 Å². The number of benzene rings is 8. The summed E-state index contributed by atoms with van der Waals surface area (Å²) < 4.78 is 125. The van der Waals surface area contributed by atoms with E-state index in [0.29, 0.717) is 0 Å². The number of halogens is 2. The van der Waals surface area contributed by atoms with Gasteiger partial charge in [-0.2, -0.15) is 0 Å². The molecule has 0 atom stereocenters. The third-order valence-corrected chi connectivity index (χ3v) is 25.4. The average Bonchev–Trinajstić information content (AvgIpc) is 0.829. The molecule has 0 fully saturated rings. The Hall–Kier alpha value is -4.66. The maximum atomic E-state index is 10.4. The van der Waals surface area contributed by atoms with Gasteiger partial charge in [-0.1, -0.05) is 168 Å². The molecule has 0 aromatic heterocycles. The van der Waals surface area contributed by atoms with Gasteiger partial charge in [-0.3, -0.25) is 0 Å². The third-order valence-electron chi connectivity index (χ3n) is 16.6. The van der Waals surface area contributed by atoms with Gasteiger partial charge in [0.25, 0.3) is 0 Å². The number of hydrogen-bond acceptors (Lipinski definition) is 12. The normalized spacial score (nSPS) is 11.6. The van der Waals surface area contributed by atoms with Crippen molar-refractivity contribution in [1.82, 2.24) is 0 Å². The van der Waals surface area contributed by atoms with E-state index in [4.69, 9.17) is 19.1 Å². The summed E-state index contributed by atoms with van der Waals surface area (Å²) in [6.07, 6.45) is 2.39. The van der Waals surface area contributed by atoms with Crippen molar-refractivity contribution in [3.63, 3.8) is 0 Å². The molecule has 0 unspecified atom stereocenters. The van der Waals surface area contributed by atoms with Crippen molar-refractivity contribution >= 4 is 96.6 Å². The van der Waals surface area contributed by atoms with Gasteiger partial charge in [0.1, 0.15) is 66.7 Å². The molecule has 25 heteroatoms. The SMILES string of the molecule is CC[NH+](CC)Cc1ccc(P(CCP(c2ccc(C[NH+](CC)CC)cc2)c2ccc(C[NH+](CC)CC)cc2)c2ccc(C[NH+](CC)CC)cc2)cc1.Cc1ccc(S(=O)(=O)[O-])cc1.Cc1ccc(S(=O)(=O)[O-])cc1.Cc1ccc(S(=O)(=O)[O-])cc1.Cc1ccc(S(=O)(=O)[O-])cc1.[Cl][Pd][Cl]. The molecule has 0 saturated carbocycles. The second kappa shape index (κ2) is 45.4. The first-order chi connectivity index (χ1) is 46.8. The van der Waals surface area contributed by atoms with E-state index in [0.717, 1.165) is 48.4 Å². The summed E-state index contributed by atoms with van der Waals surface area (Å²) >= 11 is -0.106. The molecule has 0 spiro atoms. The van der Waals surface area contributed by atoms with Gasteiger partial charge in [-0.15, -0.1) is 0 Å². The summed E-state index contributed by atoms with van der Waals surface area (Å²) in [7, 11) is -8.44. The Kier molecular flexibility index (Phi) is 40.7. The van der Waals surface area contributed by atoms with Crippen LogP contribution in [-0.2, 0) is 82.6 Å². The van der Waals surface area contributed by atoms with Crippen molar-refractivity contribution in [2.24, 2.45) is 0 Å². The zero-order valence-electron chi connectivity index (χ0n) is 58.9. The van der Waals surface area contributed by atoms with E-state index in [1.165, 1.54) is 157 Å². The van der Waals surface area contributed by atoms with Gasteiger partial charge in [-0.05, 0) is 181 Å². The van der Waals surface area contributed by atoms with Crippen molar-refractivity contribution in [2.75, 3.05) is 64.7 Å². The van der Waals surface area contributed by atoms with Gasteiger partial charge < -0.3 is 37.8 Å². The van der Waals surface area contributed by atoms with Crippen LogP contribution in [0.25, 0.3) is 0 Å². The average molecular weight is 1610 g/mol. The zero-order valence-corrected chi connectivity index (χ0v) is 67.0. The van der Waals surface area contributed by atoms with Gasteiger partial charge in [0.15, 0.2) is 0 Å². The summed E-state index contributed by atoms with van der Waals surface area (Å²) in [6.45, 7) is 39.5. The summed E-state index contributed by atoms with van der Waals surface area (Å²) in [5, 5.41) is 6.06. The Labute approximate surface area is 611 Å². The van der Waals surface area contributed by atoms with E-state index in [1.807, 2.05) is 27.7 Å². The molecule has 0 bridgehead atoms. The Morgan fingerprint density at radius 3 is 0.545 bits per heavy atom. The first kappa shape index (κ1) is 88.6. The van der Waals surface area contributed by atoms with Crippen LogP contribution < -0.4 is 40.8 Å². The molecule has 8 rings (SSSR count). The van der Waals surface area contributed by atoms with Gasteiger partial charge in [0, 0.05) is 22.3 Å². The van der Waals surface area contributed by atoms with Crippen LogP contribution >= 0.6 is 34.9 Å². The third kappa shape index (κ3) is 33.6. The Bertz CT molecular complexity index is 3520. The van der Waals surface area contributed by atoms with Crippen molar-refractivity contribution in [3.8, 4) is 0 Å². The topological polar surface area (TPSA) is 247 Å². The van der Waals surface area contributed by atoms with E-state index in [2.05, 4.69) is 152 Å². The second-order valence-electron chi connectivity index (χ2n) is 23.6. The molecule has 0 aliphatic rings. The van der Waals surface area contributed by atoms with E-state index in [9.17, 15) is 51.9 Å². The molecule has 4 N–H and O–H groups in total. The van der Waals surface area contributed by atoms with E-state index < -0.39 is 56.3 Å². The summed E-state index contributed by atoms with van der Waals surface area (Å²) in [4.78, 5) is 5.85. The predicted octanol–water partition coefficient (Wildman–Crippen LogP) is 7.92. The van der Waals surface area contributed by atoms with Crippen LogP contribution in [0.2, 0.25) is 0 Å². The van der Waals surface area contributed by atoms with Crippen LogP contribution in [0.3, 0.4) is 0 Å². The van der Waals surface area contributed by atoms with Gasteiger partial charge in [0.2, 0.25) is 0 Å². The molecule has 8 aromatic carbocycles. The van der Waals surface area contributed by atoms with Crippen LogP contribution in [0.5, 0.6) is 0 Å². The molecule has 0 radical (unpaired) electrons. The molecular weight excluding hydrogens is 1500 g/mol. The van der Waals surface area contributed by atoms with E-state index in [1.54, 1.807) is 68.1 Å². The summed E-state index contributed by atoms with van der Waals surface area (Å²) in [6, 6.07) is 62.2. The van der Waals surface area contributed by atoms with E-state index in [-0.39, 0.29) is 35.5 Å². The van der Waals surface area contributed by atoms with Gasteiger partial charge >= 0.3 is 35.0 Å². The zero-order chi connectivity index (χ0) is 73.9. The van der Waals surface area contributed by atoms with Crippen molar-refractivity contribution in [1.29, 1.82) is 0 Å². The van der Waals surface area contributed by atoms with Crippen LogP contribution in [0.15, 0.2) is 214 Å². The number of aryl methyl sites for hydroxylation is 4. The molecule has 8 aromatic rings. The fraction of sp³-hybridized carbons (Fsp3) is 0.351. The summed E-state index contributed by atoms with van der Waals surface area (Å²) in [5.74, 6) is 0. The minimum atomic E-state index is -4.27. The molecular formula is C74H100Cl2N4O12P2PdS4. The van der Waals surface area contributed by atoms with Crippen LogP contribution in [-0.4, -0.2) is 117 Å². The Balaban J connectivity index is 0.000000427. The standard InChI is InChI=1S/C46H68N4P2.4C7H8O3S.2ClH.Pd/c1-9-47(10-2)35-39-17-25-43(26-18-39)51(44-27-19-40(20-28-44)36-48(11-3)12-4)33-34-52(45-29-21-41(22-30-45)37-49(13-5)14-6)46-31-23-42(24-32-46)38-50(15-7)16-8;4*1-6-2-4-7(5-3-6)11(8,9)10;;;/h17-32H,9-16,33-38H2,1-8H3;4*2-5H,1H3,(H,8,9,10);2*1H;/q;;;;;;;+2/p-2. The number of quaternary nitrogens is 4. The van der Waals surface area contributed by atoms with Crippen molar-refractivity contribution < 1.29 is 87.4 Å². The molecule has 0 aliphatic carbocycles. The van der Waals surface area contributed by atoms with Gasteiger partial charge in [0.05, 0.1) is 71.9 Å². The van der Waals surface area contributed by atoms with E-state index >= 15 is 0 Å². The molecule has 0 saturated heterocycles. The maximum absolute atomic E-state index is 10.4. The first-order valence-corrected chi connectivity index (χ1v) is 45.7. The monoisotopic (exact) mass is 1600 g/mol. The van der Waals surface area contributed by atoms with Crippen molar-refractivity contribution in [2.45, 2.75) is 129 Å². The second-order valence-corrected chi connectivity index (χ2v) is 36.2. The molecule has 0 amide bonds. The van der Waals surface area contributed by atoms with Crippen molar-refractivity contribution in [3.05, 3.63) is 239 Å². The fourth-order valence-corrected chi connectivity index (χ4v) is 17.3. The van der Waals surface area contributed by atoms with Crippen LogP contribution in [0, 0.1) is 27.7 Å². The van der Waals surface area contributed by atoms with Gasteiger partial charge in [-0.25, -0.2) is 33.7 Å². The molecule has 0 aliphatic heterocycles. The number of hydrogen-bond donors (Lipinski definition) is 4. The number of rotatable bonds is 27. The number of nitrogens with one attached hydrogen (secondary N) is 4. The first-order valence-electron chi connectivity index (χ1n) is 33.0. The molecule has 16 nitrogen and oxygen atoms in total. The van der Waals surface area contributed by atoms with Crippen LogP contribution in [0.4, 0.5) is 0 Å². The predicted molar refractivity (Wildman–Crippen MR) is 399 cm³/mol. The molecule has 546 valence electrons. The molecule has 0 heterocycles. The Morgan fingerprint density at radius 1 is 0.283 bits per heavy atom. The quantitative estimate of drug-likeness (QED) is 0.0218. The molecule has 99 heavy (non-hydrogen) atoms. The fourth-order valence-electron chi connectivity index (χ4n) is 10.2. The summed E-state index contributed by atoms with van der Waals surface area (Å²) in [5.41, 5.74) is 9.53. The Morgan fingerprint density at radius 2 is 0.424 bits per heavy atom. The minimum absolute atomic E-state index is 0.106.